The van der Waals surface area contributed by atoms with E-state index in [4.69, 9.17) is 0 Å². The number of fused-ring (bicyclic) bond motifs is 1. The fraction of sp³-hybridized carbons (Fsp3) is 0.500. The smallest absolute Gasteiger partial charge is 0.212 e. The van der Waals surface area contributed by atoms with Crippen molar-refractivity contribution in [2.75, 3.05) is 18.8 Å². The molecule has 2 N–H and O–H groups in total. The lowest BCUT2D eigenvalue weighted by molar-refractivity contribution is 0.540. The SMILES string of the molecule is CCNS(=O)(=O)CCNC(C)c1nc2ccccc2n1C. The Bertz CT molecular complexity index is 709. The van der Waals surface area contributed by atoms with Gasteiger partial charge in [0.25, 0.3) is 0 Å². The van der Waals surface area contributed by atoms with Crippen molar-refractivity contribution in [1.82, 2.24) is 19.6 Å². The second kappa shape index (κ2) is 6.55. The van der Waals surface area contributed by atoms with E-state index >= 15 is 0 Å². The molecule has 2 aromatic rings. The van der Waals surface area contributed by atoms with Crippen LogP contribution in [0.1, 0.15) is 25.7 Å². The highest BCUT2D eigenvalue weighted by Crippen LogP contribution is 2.18. The summed E-state index contributed by atoms with van der Waals surface area (Å²) in [5.41, 5.74) is 2.02. The Balaban J connectivity index is 2.02. The van der Waals surface area contributed by atoms with Crippen LogP contribution >= 0.6 is 0 Å². The number of nitrogens with zero attached hydrogens (tertiary/aromatic N) is 2. The van der Waals surface area contributed by atoms with Gasteiger partial charge in [-0.1, -0.05) is 19.1 Å². The summed E-state index contributed by atoms with van der Waals surface area (Å²) in [4.78, 5) is 4.60. The first-order valence-corrected chi connectivity index (χ1v) is 8.72. The number of aryl methyl sites for hydroxylation is 1. The van der Waals surface area contributed by atoms with Crippen LogP contribution in [0.2, 0.25) is 0 Å². The molecule has 0 saturated carbocycles. The first-order chi connectivity index (χ1) is 9.94. The maximum atomic E-state index is 11.6. The Morgan fingerprint density at radius 2 is 2.05 bits per heavy atom. The molecule has 1 unspecified atom stereocenters. The van der Waals surface area contributed by atoms with Crippen molar-refractivity contribution >= 4 is 21.1 Å². The van der Waals surface area contributed by atoms with Crippen LogP contribution in [0.4, 0.5) is 0 Å². The van der Waals surface area contributed by atoms with Crippen LogP contribution < -0.4 is 10.0 Å². The van der Waals surface area contributed by atoms with Gasteiger partial charge in [-0.15, -0.1) is 0 Å². The van der Waals surface area contributed by atoms with E-state index in [1.54, 1.807) is 6.92 Å². The number of rotatable bonds is 7. The van der Waals surface area contributed by atoms with Crippen molar-refractivity contribution in [3.05, 3.63) is 30.1 Å². The summed E-state index contributed by atoms with van der Waals surface area (Å²) in [6.07, 6.45) is 0. The average Bonchev–Trinajstić information content (AvgIpc) is 2.76. The monoisotopic (exact) mass is 310 g/mol. The molecule has 0 fully saturated rings. The lowest BCUT2D eigenvalue weighted by Crippen LogP contribution is -2.33. The van der Waals surface area contributed by atoms with Gasteiger partial charge in [-0.2, -0.15) is 0 Å². The van der Waals surface area contributed by atoms with E-state index in [9.17, 15) is 8.42 Å². The molecule has 0 aliphatic heterocycles. The normalized spacial score (nSPS) is 13.7. The molecule has 1 atom stereocenters. The minimum atomic E-state index is -3.18. The quantitative estimate of drug-likeness (QED) is 0.805. The Kier molecular flexibility index (Phi) is 4.97. The molecule has 7 heteroatoms. The Labute approximate surface area is 125 Å². The third kappa shape index (κ3) is 3.81. The summed E-state index contributed by atoms with van der Waals surface area (Å²) in [6, 6.07) is 7.92. The Hall–Kier alpha value is -1.44. The molecule has 0 radical (unpaired) electrons. The number of imidazole rings is 1. The molecule has 116 valence electrons. The lowest BCUT2D eigenvalue weighted by atomic mass is 10.3. The molecule has 1 aromatic heterocycles. The van der Waals surface area contributed by atoms with Crippen LogP contribution in [0, 0.1) is 0 Å². The summed E-state index contributed by atoms with van der Waals surface area (Å²) < 4.78 is 27.7. The van der Waals surface area contributed by atoms with Gasteiger partial charge >= 0.3 is 0 Å². The molecule has 2 rings (SSSR count). The molecular weight excluding hydrogens is 288 g/mol. The predicted molar refractivity (Wildman–Crippen MR) is 84.6 cm³/mol. The van der Waals surface area contributed by atoms with Crippen LogP contribution in [0.25, 0.3) is 11.0 Å². The maximum absolute atomic E-state index is 11.6. The zero-order valence-corrected chi connectivity index (χ0v) is 13.4. The van der Waals surface area contributed by atoms with Crippen molar-refractivity contribution < 1.29 is 8.42 Å². The van der Waals surface area contributed by atoms with Gasteiger partial charge in [-0.25, -0.2) is 18.1 Å². The Morgan fingerprint density at radius 3 is 2.71 bits per heavy atom. The van der Waals surface area contributed by atoms with Crippen molar-refractivity contribution in [3.8, 4) is 0 Å². The average molecular weight is 310 g/mol. The summed E-state index contributed by atoms with van der Waals surface area (Å²) in [6.45, 7) is 4.57. The van der Waals surface area contributed by atoms with Gasteiger partial charge in [0.1, 0.15) is 5.82 Å². The third-order valence-electron chi connectivity index (χ3n) is 3.39. The minimum Gasteiger partial charge on any atom is -0.330 e. The summed E-state index contributed by atoms with van der Waals surface area (Å²) in [5.74, 6) is 0.965. The molecule has 0 bridgehead atoms. The van der Waals surface area contributed by atoms with E-state index in [-0.39, 0.29) is 11.8 Å². The number of benzene rings is 1. The van der Waals surface area contributed by atoms with Crippen molar-refractivity contribution in [2.45, 2.75) is 19.9 Å². The van der Waals surface area contributed by atoms with Gasteiger partial charge in [0.15, 0.2) is 0 Å². The number of nitrogens with one attached hydrogen (secondary N) is 2. The van der Waals surface area contributed by atoms with E-state index in [1.807, 2.05) is 42.8 Å². The minimum absolute atomic E-state index is 0.0146. The molecule has 0 amide bonds. The highest BCUT2D eigenvalue weighted by molar-refractivity contribution is 7.89. The second-order valence-electron chi connectivity index (χ2n) is 5.01. The van der Waals surface area contributed by atoms with Gasteiger partial charge in [0.2, 0.25) is 10.0 Å². The molecule has 0 saturated heterocycles. The van der Waals surface area contributed by atoms with E-state index in [0.717, 1.165) is 16.9 Å². The summed E-state index contributed by atoms with van der Waals surface area (Å²) in [7, 11) is -1.21. The van der Waals surface area contributed by atoms with Gasteiger partial charge in [0.05, 0.1) is 22.8 Å². The van der Waals surface area contributed by atoms with Crippen LogP contribution in [-0.4, -0.2) is 36.8 Å². The van der Waals surface area contributed by atoms with Gasteiger partial charge in [-0.05, 0) is 19.1 Å². The van der Waals surface area contributed by atoms with Crippen LogP contribution in [0.15, 0.2) is 24.3 Å². The van der Waals surface area contributed by atoms with E-state index in [2.05, 4.69) is 15.0 Å². The van der Waals surface area contributed by atoms with Crippen LogP contribution in [-0.2, 0) is 17.1 Å². The molecule has 0 aliphatic rings. The fourth-order valence-electron chi connectivity index (χ4n) is 2.34. The summed E-state index contributed by atoms with van der Waals surface area (Å²) >= 11 is 0. The van der Waals surface area contributed by atoms with Gasteiger partial charge in [0, 0.05) is 20.1 Å². The first-order valence-electron chi connectivity index (χ1n) is 7.06. The number of aromatic nitrogens is 2. The number of hydrogen-bond donors (Lipinski definition) is 2. The standard InChI is InChI=1S/C14H22N4O2S/c1-4-16-21(19,20)10-9-15-11(2)14-17-12-7-5-6-8-13(12)18(14)3/h5-8,11,15-16H,4,9-10H2,1-3H3. The topological polar surface area (TPSA) is 76.0 Å². The van der Waals surface area contributed by atoms with Gasteiger partial charge in [-0.3, -0.25) is 0 Å². The van der Waals surface area contributed by atoms with E-state index < -0.39 is 10.0 Å². The second-order valence-corrected chi connectivity index (χ2v) is 6.94. The molecule has 6 nitrogen and oxygen atoms in total. The highest BCUT2D eigenvalue weighted by Gasteiger charge is 2.15. The van der Waals surface area contributed by atoms with E-state index in [1.165, 1.54) is 0 Å². The molecule has 1 aromatic carbocycles. The first kappa shape index (κ1) is 15.9. The lowest BCUT2D eigenvalue weighted by Gasteiger charge is -2.14. The predicted octanol–water partition coefficient (Wildman–Crippen LogP) is 1.16. The Morgan fingerprint density at radius 1 is 1.33 bits per heavy atom. The zero-order valence-electron chi connectivity index (χ0n) is 12.6. The van der Waals surface area contributed by atoms with Crippen molar-refractivity contribution in [1.29, 1.82) is 0 Å². The van der Waals surface area contributed by atoms with Crippen LogP contribution in [0.3, 0.4) is 0 Å². The zero-order chi connectivity index (χ0) is 15.5. The van der Waals surface area contributed by atoms with E-state index in [0.29, 0.717) is 13.1 Å². The van der Waals surface area contributed by atoms with Crippen molar-refractivity contribution in [3.63, 3.8) is 0 Å². The number of sulfonamides is 1. The summed E-state index contributed by atoms with van der Waals surface area (Å²) in [5, 5.41) is 3.21. The number of para-hydroxylation sites is 2. The highest BCUT2D eigenvalue weighted by atomic mass is 32.2. The maximum Gasteiger partial charge on any atom is 0.212 e. The fourth-order valence-corrected chi connectivity index (χ4v) is 3.32. The van der Waals surface area contributed by atoms with Crippen LogP contribution in [0.5, 0.6) is 0 Å². The number of hydrogen-bond acceptors (Lipinski definition) is 4. The molecule has 0 aliphatic carbocycles. The molecule has 0 spiro atoms. The third-order valence-corrected chi connectivity index (χ3v) is 4.86. The van der Waals surface area contributed by atoms with Gasteiger partial charge < -0.3 is 9.88 Å². The molecule has 21 heavy (non-hydrogen) atoms. The molecular formula is C14H22N4O2S. The van der Waals surface area contributed by atoms with Crippen molar-refractivity contribution in [2.24, 2.45) is 7.05 Å². The largest absolute Gasteiger partial charge is 0.330 e. The molecule has 1 heterocycles.